The lowest BCUT2D eigenvalue weighted by molar-refractivity contribution is -0.164. The Labute approximate surface area is 220 Å². The summed E-state index contributed by atoms with van der Waals surface area (Å²) in [6.07, 6.45) is 2.13. The van der Waals surface area contributed by atoms with Gasteiger partial charge in [-0.25, -0.2) is 0 Å². The van der Waals surface area contributed by atoms with Crippen LogP contribution < -0.4 is 4.74 Å². The molecule has 0 bridgehead atoms. The van der Waals surface area contributed by atoms with Crippen molar-refractivity contribution in [3.8, 4) is 16.9 Å². The normalized spacial score (nSPS) is 27.7. The first-order chi connectivity index (χ1) is 17.3. The van der Waals surface area contributed by atoms with E-state index in [9.17, 15) is 14.4 Å². The van der Waals surface area contributed by atoms with Crippen LogP contribution in [-0.2, 0) is 19.1 Å². The number of benzene rings is 2. The molecule has 36 heavy (non-hydrogen) atoms. The molecule has 3 aliphatic rings. The predicted octanol–water partition coefficient (Wildman–Crippen LogP) is 4.74. The molecule has 3 aliphatic heterocycles. The monoisotopic (exact) mass is 530 g/mol. The molecule has 3 heterocycles. The van der Waals surface area contributed by atoms with Gasteiger partial charge in [0.15, 0.2) is 0 Å². The van der Waals surface area contributed by atoms with Crippen LogP contribution >= 0.6 is 23.2 Å². The molecule has 0 radical (unpaired) electrons. The summed E-state index contributed by atoms with van der Waals surface area (Å²) in [6.45, 7) is 2.65. The minimum absolute atomic E-state index is 0.234. The Balaban J connectivity index is 1.66. The molecule has 4 atom stereocenters. The third kappa shape index (κ3) is 3.47. The van der Waals surface area contributed by atoms with Crippen molar-refractivity contribution in [2.24, 2.45) is 11.8 Å². The van der Waals surface area contributed by atoms with Gasteiger partial charge in [-0.1, -0.05) is 41.4 Å². The number of imide groups is 1. The fourth-order valence-corrected chi connectivity index (χ4v) is 6.82. The van der Waals surface area contributed by atoms with Crippen molar-refractivity contribution in [1.29, 1.82) is 0 Å². The fourth-order valence-electron chi connectivity index (χ4n) is 6.52. The van der Waals surface area contributed by atoms with Gasteiger partial charge in [-0.05, 0) is 62.1 Å². The Morgan fingerprint density at radius 2 is 1.83 bits per heavy atom. The maximum Gasteiger partial charge on any atom is 0.327 e. The number of carbonyl (C=O) groups is 3. The Morgan fingerprint density at radius 1 is 1.06 bits per heavy atom. The maximum atomic E-state index is 13.6. The highest BCUT2D eigenvalue weighted by atomic mass is 35.5. The molecular weight excluding hydrogens is 503 g/mol. The number of halogens is 2. The second-order valence-electron chi connectivity index (χ2n) is 9.52. The van der Waals surface area contributed by atoms with E-state index in [0.717, 1.165) is 29.5 Å². The molecular formula is C27H28Cl2N2O5. The largest absolute Gasteiger partial charge is 0.496 e. The lowest BCUT2D eigenvalue weighted by Gasteiger charge is -2.44. The van der Waals surface area contributed by atoms with Gasteiger partial charge in [0, 0.05) is 18.2 Å². The van der Waals surface area contributed by atoms with Crippen LogP contribution in [0, 0.1) is 11.8 Å². The molecule has 0 aromatic heterocycles. The Hall–Kier alpha value is -2.61. The molecule has 2 aromatic rings. The lowest BCUT2D eigenvalue weighted by Crippen LogP contribution is -2.59. The quantitative estimate of drug-likeness (QED) is 0.410. The summed E-state index contributed by atoms with van der Waals surface area (Å²) in [5.41, 5.74) is 1.31. The SMILES string of the molecule is CCN1C(=O)[C@H]2[C@@H](c3ccc(-c4ccc(Cl)c(Cl)c4)c(OC)c3)N3CCCC[C@@]3(C(=O)OC)[C@H]2C1=O. The molecule has 9 heteroatoms. The minimum Gasteiger partial charge on any atom is -0.496 e. The molecule has 7 nitrogen and oxygen atoms in total. The number of nitrogens with zero attached hydrogens (tertiary/aromatic N) is 2. The van der Waals surface area contributed by atoms with Gasteiger partial charge in [0.25, 0.3) is 0 Å². The van der Waals surface area contributed by atoms with E-state index in [0.29, 0.717) is 28.8 Å². The van der Waals surface area contributed by atoms with Crippen molar-refractivity contribution in [3.63, 3.8) is 0 Å². The first kappa shape index (κ1) is 25.1. The highest BCUT2D eigenvalue weighted by molar-refractivity contribution is 6.42. The van der Waals surface area contributed by atoms with E-state index < -0.39 is 29.4 Å². The van der Waals surface area contributed by atoms with Crippen molar-refractivity contribution in [1.82, 2.24) is 9.80 Å². The van der Waals surface area contributed by atoms with Crippen molar-refractivity contribution in [2.75, 3.05) is 27.3 Å². The average molecular weight is 531 g/mol. The summed E-state index contributed by atoms with van der Waals surface area (Å²) in [4.78, 5) is 43.8. The van der Waals surface area contributed by atoms with Crippen LogP contribution in [0.5, 0.6) is 5.75 Å². The third-order valence-electron chi connectivity index (χ3n) is 8.01. The number of piperidine rings is 1. The molecule has 0 spiro atoms. The number of methoxy groups -OCH3 is 2. The molecule has 0 aliphatic carbocycles. The zero-order valence-corrected chi connectivity index (χ0v) is 21.9. The van der Waals surface area contributed by atoms with E-state index >= 15 is 0 Å². The van der Waals surface area contributed by atoms with Crippen molar-refractivity contribution in [2.45, 2.75) is 37.8 Å². The smallest absolute Gasteiger partial charge is 0.327 e. The topological polar surface area (TPSA) is 76.2 Å². The summed E-state index contributed by atoms with van der Waals surface area (Å²) < 4.78 is 11.0. The summed E-state index contributed by atoms with van der Waals surface area (Å²) in [5.74, 6) is -1.81. The van der Waals surface area contributed by atoms with Gasteiger partial charge in [-0.15, -0.1) is 0 Å². The first-order valence-electron chi connectivity index (χ1n) is 12.1. The fraction of sp³-hybridized carbons (Fsp3) is 0.444. The zero-order chi connectivity index (χ0) is 25.8. The van der Waals surface area contributed by atoms with E-state index in [4.69, 9.17) is 32.7 Å². The van der Waals surface area contributed by atoms with E-state index in [-0.39, 0.29) is 18.4 Å². The molecule has 3 saturated heterocycles. The molecule has 0 N–H and O–H groups in total. The van der Waals surface area contributed by atoms with Crippen LogP contribution in [-0.4, -0.2) is 60.4 Å². The number of esters is 1. The maximum absolute atomic E-state index is 13.6. The van der Waals surface area contributed by atoms with Crippen LogP contribution in [0.3, 0.4) is 0 Å². The Morgan fingerprint density at radius 3 is 2.50 bits per heavy atom. The number of carbonyl (C=O) groups excluding carboxylic acids is 3. The predicted molar refractivity (Wildman–Crippen MR) is 136 cm³/mol. The Kier molecular flexibility index (Phi) is 6.52. The highest BCUT2D eigenvalue weighted by Gasteiger charge is 2.72. The van der Waals surface area contributed by atoms with Crippen molar-refractivity contribution in [3.05, 3.63) is 52.0 Å². The number of fused-ring (bicyclic) bond motifs is 3. The number of hydrogen-bond acceptors (Lipinski definition) is 6. The Bertz CT molecular complexity index is 1250. The van der Waals surface area contributed by atoms with E-state index in [1.54, 1.807) is 26.2 Å². The van der Waals surface area contributed by atoms with E-state index in [2.05, 4.69) is 0 Å². The molecule has 5 rings (SSSR count). The second kappa shape index (κ2) is 9.36. The summed E-state index contributed by atoms with van der Waals surface area (Å²) in [6, 6.07) is 10.7. The van der Waals surface area contributed by atoms with Gasteiger partial charge in [-0.3, -0.25) is 24.2 Å². The van der Waals surface area contributed by atoms with E-state index in [1.807, 2.05) is 29.2 Å². The standard InChI is InChI=1S/C27H28Cl2N2O5/c1-4-30-24(32)21-22(25(30)33)27(26(34)36-3)11-5-6-12-31(27)23(21)16-7-9-17(20(14-16)35-2)15-8-10-18(28)19(29)13-15/h7-10,13-14,21-23H,4-6,11-12H2,1-3H3/t21-,22-,23-,27+/m1/s1. The van der Waals surface area contributed by atoms with Crippen molar-refractivity contribution >= 4 is 41.0 Å². The molecule has 190 valence electrons. The van der Waals surface area contributed by atoms with Gasteiger partial charge in [-0.2, -0.15) is 0 Å². The lowest BCUT2D eigenvalue weighted by atomic mass is 9.75. The number of hydrogen-bond donors (Lipinski definition) is 0. The molecule has 3 fully saturated rings. The third-order valence-corrected chi connectivity index (χ3v) is 8.74. The minimum atomic E-state index is -1.16. The zero-order valence-electron chi connectivity index (χ0n) is 20.4. The first-order valence-corrected chi connectivity index (χ1v) is 12.9. The summed E-state index contributed by atoms with van der Waals surface area (Å²) in [7, 11) is 2.93. The van der Waals surface area contributed by atoms with Gasteiger partial charge in [0.1, 0.15) is 11.3 Å². The molecule has 0 saturated carbocycles. The van der Waals surface area contributed by atoms with Gasteiger partial charge in [0.05, 0.1) is 36.1 Å². The van der Waals surface area contributed by atoms with Crippen LogP contribution in [0.15, 0.2) is 36.4 Å². The highest BCUT2D eigenvalue weighted by Crippen LogP contribution is 2.58. The van der Waals surface area contributed by atoms with Crippen LogP contribution in [0.4, 0.5) is 0 Å². The number of ether oxygens (including phenoxy) is 2. The number of likely N-dealkylation sites (tertiary alicyclic amines) is 1. The molecule has 2 amide bonds. The average Bonchev–Trinajstić information content (AvgIpc) is 3.34. The van der Waals surface area contributed by atoms with E-state index in [1.165, 1.54) is 12.0 Å². The number of amides is 2. The van der Waals surface area contributed by atoms with Gasteiger partial charge < -0.3 is 9.47 Å². The second-order valence-corrected chi connectivity index (χ2v) is 10.3. The van der Waals surface area contributed by atoms with Crippen LogP contribution in [0.25, 0.3) is 11.1 Å². The summed E-state index contributed by atoms with van der Waals surface area (Å²) >= 11 is 12.3. The van der Waals surface area contributed by atoms with Crippen LogP contribution in [0.2, 0.25) is 10.0 Å². The van der Waals surface area contributed by atoms with Crippen LogP contribution in [0.1, 0.15) is 37.8 Å². The van der Waals surface area contributed by atoms with Crippen molar-refractivity contribution < 1.29 is 23.9 Å². The summed E-state index contributed by atoms with van der Waals surface area (Å²) in [5, 5.41) is 0.895. The van der Waals surface area contributed by atoms with Gasteiger partial charge in [0.2, 0.25) is 11.8 Å². The van der Waals surface area contributed by atoms with Gasteiger partial charge >= 0.3 is 5.97 Å². The molecule has 0 unspecified atom stereocenters. The number of rotatable bonds is 5. The molecule has 2 aromatic carbocycles.